The van der Waals surface area contributed by atoms with Crippen molar-refractivity contribution in [2.75, 3.05) is 17.6 Å². The smallest absolute Gasteiger partial charge is 0.222 e. The van der Waals surface area contributed by atoms with Crippen molar-refractivity contribution in [3.63, 3.8) is 0 Å². The molecule has 0 fully saturated rings. The molecule has 1 aromatic carbocycles. The van der Waals surface area contributed by atoms with E-state index in [1.165, 1.54) is 0 Å². The molecule has 0 amide bonds. The number of anilines is 2. The summed E-state index contributed by atoms with van der Waals surface area (Å²) in [6.07, 6.45) is 2.79. The summed E-state index contributed by atoms with van der Waals surface area (Å²) in [7, 11) is 0. The minimum Gasteiger partial charge on any atom is -0.368 e. The lowest BCUT2D eigenvalue weighted by molar-refractivity contribution is 0.831. The first-order valence-electron chi connectivity index (χ1n) is 8.35. The maximum Gasteiger partial charge on any atom is 0.222 e. The molecule has 2 aromatic heterocycles. The molecule has 0 aliphatic heterocycles. The first kappa shape index (κ1) is 16.7. The highest BCUT2D eigenvalue weighted by atomic mass is 15.1. The van der Waals surface area contributed by atoms with E-state index in [1.54, 1.807) is 6.07 Å². The normalized spacial score (nSPS) is 10.6. The van der Waals surface area contributed by atoms with Gasteiger partial charge in [-0.1, -0.05) is 25.5 Å². The summed E-state index contributed by atoms with van der Waals surface area (Å²) in [5, 5.41) is 12.3. The molecule has 3 N–H and O–H groups in total. The largest absolute Gasteiger partial charge is 0.368 e. The molecule has 0 aliphatic carbocycles. The van der Waals surface area contributed by atoms with Crippen LogP contribution in [0.2, 0.25) is 0 Å². The molecular formula is C19H20N6. The lowest BCUT2D eigenvalue weighted by atomic mass is 10.1. The molecule has 0 saturated heterocycles. The van der Waals surface area contributed by atoms with E-state index in [0.29, 0.717) is 17.8 Å². The van der Waals surface area contributed by atoms with Gasteiger partial charge < -0.3 is 11.1 Å². The first-order chi connectivity index (χ1) is 12.2. The Morgan fingerprint density at radius 1 is 1.16 bits per heavy atom. The number of fused-ring (bicyclic) bond motifs is 1. The summed E-state index contributed by atoms with van der Waals surface area (Å²) >= 11 is 0. The SMILES string of the molecule is CCCCNc1nc(N)nc2ccc(Cc3cccc(C#N)c3)nc12. The molecule has 0 unspecified atom stereocenters. The van der Waals surface area contributed by atoms with E-state index < -0.39 is 0 Å². The van der Waals surface area contributed by atoms with Gasteiger partial charge in [-0.2, -0.15) is 10.2 Å². The summed E-state index contributed by atoms with van der Waals surface area (Å²) in [6.45, 7) is 2.96. The van der Waals surface area contributed by atoms with Crippen molar-refractivity contribution < 1.29 is 0 Å². The van der Waals surface area contributed by atoms with E-state index in [9.17, 15) is 0 Å². The Balaban J connectivity index is 1.93. The number of nitrogens with one attached hydrogen (secondary N) is 1. The predicted octanol–water partition coefficient (Wildman–Crippen LogP) is 3.28. The number of aromatic nitrogens is 3. The van der Waals surface area contributed by atoms with E-state index >= 15 is 0 Å². The number of rotatable bonds is 6. The van der Waals surface area contributed by atoms with Crippen LogP contribution < -0.4 is 11.1 Å². The molecule has 2 heterocycles. The van der Waals surface area contributed by atoms with Crippen molar-refractivity contribution >= 4 is 22.8 Å². The zero-order valence-electron chi connectivity index (χ0n) is 14.2. The Morgan fingerprint density at radius 2 is 2.04 bits per heavy atom. The third-order valence-corrected chi connectivity index (χ3v) is 3.88. The molecule has 3 rings (SSSR count). The highest BCUT2D eigenvalue weighted by Crippen LogP contribution is 2.21. The number of nitrogens with two attached hydrogens (primary N) is 1. The third kappa shape index (κ3) is 4.01. The summed E-state index contributed by atoms with van der Waals surface area (Å²) < 4.78 is 0. The van der Waals surface area contributed by atoms with Gasteiger partial charge in [0.2, 0.25) is 5.95 Å². The van der Waals surface area contributed by atoms with Crippen molar-refractivity contribution in [1.29, 1.82) is 5.26 Å². The summed E-state index contributed by atoms with van der Waals surface area (Å²) in [6, 6.07) is 13.6. The van der Waals surface area contributed by atoms with Crippen molar-refractivity contribution in [2.24, 2.45) is 0 Å². The van der Waals surface area contributed by atoms with Gasteiger partial charge in [-0.25, -0.2) is 9.97 Å². The fourth-order valence-electron chi connectivity index (χ4n) is 2.64. The fraction of sp³-hybridized carbons (Fsp3) is 0.263. The molecule has 0 aliphatic rings. The summed E-state index contributed by atoms with van der Waals surface area (Å²) in [4.78, 5) is 13.3. The minimum atomic E-state index is 0.239. The van der Waals surface area contributed by atoms with E-state index in [0.717, 1.165) is 41.7 Å². The van der Waals surface area contributed by atoms with E-state index in [2.05, 4.69) is 28.3 Å². The second-order valence-corrected chi connectivity index (χ2v) is 5.87. The molecular weight excluding hydrogens is 312 g/mol. The summed E-state index contributed by atoms with van der Waals surface area (Å²) in [5.41, 5.74) is 9.84. The lowest BCUT2D eigenvalue weighted by Gasteiger charge is -2.10. The predicted molar refractivity (Wildman–Crippen MR) is 99.1 cm³/mol. The molecule has 25 heavy (non-hydrogen) atoms. The van der Waals surface area contributed by atoms with Gasteiger partial charge >= 0.3 is 0 Å². The van der Waals surface area contributed by atoms with Crippen LogP contribution in [0.3, 0.4) is 0 Å². The minimum absolute atomic E-state index is 0.239. The van der Waals surface area contributed by atoms with Crippen LogP contribution in [0.1, 0.15) is 36.6 Å². The Hall–Kier alpha value is -3.20. The zero-order chi connectivity index (χ0) is 17.6. The Kier molecular flexibility index (Phi) is 5.05. The number of pyridine rings is 1. The number of nitrogen functional groups attached to an aromatic ring is 1. The Morgan fingerprint density at radius 3 is 2.84 bits per heavy atom. The average molecular weight is 332 g/mol. The number of hydrogen-bond donors (Lipinski definition) is 2. The van der Waals surface area contributed by atoms with Gasteiger partial charge in [0.1, 0.15) is 5.52 Å². The molecule has 0 atom stereocenters. The van der Waals surface area contributed by atoms with Crippen molar-refractivity contribution in [3.05, 3.63) is 53.2 Å². The van der Waals surface area contributed by atoms with Crippen LogP contribution in [-0.4, -0.2) is 21.5 Å². The fourth-order valence-corrected chi connectivity index (χ4v) is 2.64. The Labute approximate surface area is 146 Å². The molecule has 3 aromatic rings. The van der Waals surface area contributed by atoms with Crippen LogP contribution in [0.15, 0.2) is 36.4 Å². The van der Waals surface area contributed by atoms with Gasteiger partial charge in [-0.05, 0) is 36.2 Å². The molecule has 6 nitrogen and oxygen atoms in total. The average Bonchev–Trinajstić information content (AvgIpc) is 2.62. The quantitative estimate of drug-likeness (QED) is 0.672. The molecule has 126 valence electrons. The molecule has 0 bridgehead atoms. The number of unbranched alkanes of at least 4 members (excludes halogenated alkanes) is 1. The Bertz CT molecular complexity index is 929. The van der Waals surface area contributed by atoms with E-state index in [-0.39, 0.29) is 5.95 Å². The number of nitrogens with zero attached hydrogens (tertiary/aromatic N) is 4. The van der Waals surface area contributed by atoms with Gasteiger partial charge in [-0.15, -0.1) is 0 Å². The van der Waals surface area contributed by atoms with Gasteiger partial charge in [-0.3, -0.25) is 0 Å². The van der Waals surface area contributed by atoms with Crippen molar-refractivity contribution in [1.82, 2.24) is 15.0 Å². The topological polar surface area (TPSA) is 101 Å². The van der Waals surface area contributed by atoms with E-state index in [4.69, 9.17) is 16.0 Å². The lowest BCUT2D eigenvalue weighted by Crippen LogP contribution is -2.08. The maximum absolute atomic E-state index is 9.03. The van der Waals surface area contributed by atoms with Crippen molar-refractivity contribution in [3.8, 4) is 6.07 Å². The first-order valence-corrected chi connectivity index (χ1v) is 8.35. The third-order valence-electron chi connectivity index (χ3n) is 3.88. The van der Waals surface area contributed by atoms with Crippen LogP contribution >= 0.6 is 0 Å². The summed E-state index contributed by atoms with van der Waals surface area (Å²) in [5.74, 6) is 0.909. The van der Waals surface area contributed by atoms with Gasteiger partial charge in [0.25, 0.3) is 0 Å². The van der Waals surface area contributed by atoms with Crippen LogP contribution in [-0.2, 0) is 6.42 Å². The second kappa shape index (κ2) is 7.58. The van der Waals surface area contributed by atoms with Gasteiger partial charge in [0.05, 0.1) is 17.1 Å². The zero-order valence-corrected chi connectivity index (χ0v) is 14.2. The molecule has 0 saturated carbocycles. The molecule has 6 heteroatoms. The second-order valence-electron chi connectivity index (χ2n) is 5.87. The highest BCUT2D eigenvalue weighted by molar-refractivity contribution is 5.86. The van der Waals surface area contributed by atoms with Crippen LogP contribution in [0.25, 0.3) is 11.0 Å². The van der Waals surface area contributed by atoms with Crippen LogP contribution in [0.5, 0.6) is 0 Å². The maximum atomic E-state index is 9.03. The number of hydrogen-bond acceptors (Lipinski definition) is 6. The van der Waals surface area contributed by atoms with Crippen molar-refractivity contribution in [2.45, 2.75) is 26.2 Å². The van der Waals surface area contributed by atoms with Gasteiger partial charge in [0.15, 0.2) is 5.82 Å². The van der Waals surface area contributed by atoms with E-state index in [1.807, 2.05) is 30.3 Å². The van der Waals surface area contributed by atoms with Crippen LogP contribution in [0, 0.1) is 11.3 Å². The molecule has 0 radical (unpaired) electrons. The van der Waals surface area contributed by atoms with Crippen LogP contribution in [0.4, 0.5) is 11.8 Å². The number of benzene rings is 1. The van der Waals surface area contributed by atoms with Gasteiger partial charge in [0, 0.05) is 18.7 Å². The molecule has 0 spiro atoms. The monoisotopic (exact) mass is 332 g/mol. The standard InChI is InChI=1S/C19H20N6/c1-2-3-9-22-18-17-16(24-19(21)25-18)8-7-15(23-17)11-13-5-4-6-14(10-13)12-20/h4-8,10H,2-3,9,11H2,1H3,(H3,21,22,24,25). The number of nitriles is 1. The highest BCUT2D eigenvalue weighted by Gasteiger charge is 2.09.